The lowest BCUT2D eigenvalue weighted by molar-refractivity contribution is -0.136. The van der Waals surface area contributed by atoms with Crippen molar-refractivity contribution >= 4 is 63.7 Å². The standard InChI is InChI=1S/C41H36N8O6/c1-24-18-27(7-13-35(24)55-29-9-5-25(2)42-21-29)45-38-32-19-26(6-11-33(32)43-23-44-38)4-3-15-47-16-17-48(22-37(47)51)28-8-10-30-31(20-28)41(54)49(40(30)53)34-12-14-36(50)46-39(34)52/h3-11,13,18-21,23,34H,12,14-17,22H2,1-2H3,(H,43,44,45)(H,46,50,52). The van der Waals surface area contributed by atoms with Gasteiger partial charge >= 0.3 is 0 Å². The van der Waals surface area contributed by atoms with E-state index < -0.39 is 29.7 Å². The molecule has 5 heterocycles. The summed E-state index contributed by atoms with van der Waals surface area (Å²) in [5.74, 6) is -0.260. The Morgan fingerprint density at radius 2 is 1.75 bits per heavy atom. The smallest absolute Gasteiger partial charge is 0.262 e. The number of nitrogens with one attached hydrogen (secondary N) is 2. The molecule has 14 nitrogen and oxygen atoms in total. The first-order valence-corrected chi connectivity index (χ1v) is 17.9. The Hall–Kier alpha value is -6.96. The number of piperidine rings is 1. The van der Waals surface area contributed by atoms with Gasteiger partial charge in [0.25, 0.3) is 11.8 Å². The molecule has 2 fully saturated rings. The first kappa shape index (κ1) is 35.1. The molecule has 1 atom stereocenters. The van der Waals surface area contributed by atoms with Crippen LogP contribution in [0.5, 0.6) is 11.5 Å². The second kappa shape index (κ2) is 14.5. The molecule has 0 spiro atoms. The maximum Gasteiger partial charge on any atom is 0.262 e. The van der Waals surface area contributed by atoms with Crippen molar-refractivity contribution in [3.05, 3.63) is 113 Å². The fourth-order valence-electron chi connectivity index (χ4n) is 6.99. The third-order valence-electron chi connectivity index (χ3n) is 9.95. The minimum absolute atomic E-state index is 0.0488. The van der Waals surface area contributed by atoms with Crippen LogP contribution in [0.4, 0.5) is 17.2 Å². The number of anilines is 3. The number of fused-ring (bicyclic) bond motifs is 2. The number of carbonyl (C=O) groups is 5. The molecule has 3 aromatic carbocycles. The van der Waals surface area contributed by atoms with Crippen LogP contribution in [-0.2, 0) is 14.4 Å². The van der Waals surface area contributed by atoms with E-state index in [1.165, 1.54) is 6.33 Å². The highest BCUT2D eigenvalue weighted by Gasteiger charge is 2.45. The molecular formula is C41H36N8O6. The zero-order valence-corrected chi connectivity index (χ0v) is 30.1. The van der Waals surface area contributed by atoms with E-state index in [2.05, 4.69) is 25.6 Å². The lowest BCUT2D eigenvalue weighted by Crippen LogP contribution is -2.54. The van der Waals surface area contributed by atoms with Gasteiger partial charge in [0.15, 0.2) is 0 Å². The van der Waals surface area contributed by atoms with Crippen molar-refractivity contribution in [2.45, 2.75) is 32.7 Å². The molecule has 0 aliphatic carbocycles. The number of aryl methyl sites for hydroxylation is 2. The van der Waals surface area contributed by atoms with E-state index in [9.17, 15) is 24.0 Å². The van der Waals surface area contributed by atoms with Crippen molar-refractivity contribution in [3.63, 3.8) is 0 Å². The van der Waals surface area contributed by atoms with E-state index in [1.807, 2.05) is 79.4 Å². The summed E-state index contributed by atoms with van der Waals surface area (Å²) in [4.78, 5) is 81.5. The fraction of sp³-hybridized carbons (Fsp3) is 0.220. The van der Waals surface area contributed by atoms with Crippen LogP contribution in [0.3, 0.4) is 0 Å². The molecule has 276 valence electrons. The molecule has 2 N–H and O–H groups in total. The molecule has 0 saturated carbocycles. The highest BCUT2D eigenvalue weighted by Crippen LogP contribution is 2.32. The summed E-state index contributed by atoms with van der Waals surface area (Å²) in [5, 5.41) is 6.46. The monoisotopic (exact) mass is 736 g/mol. The van der Waals surface area contributed by atoms with Crippen LogP contribution in [0.2, 0.25) is 0 Å². The molecule has 3 aliphatic rings. The Balaban J connectivity index is 0.896. The molecule has 2 aromatic heterocycles. The van der Waals surface area contributed by atoms with E-state index in [4.69, 9.17) is 4.74 Å². The summed E-state index contributed by atoms with van der Waals surface area (Å²) in [5.41, 5.74) is 5.43. The molecule has 3 aliphatic heterocycles. The van der Waals surface area contributed by atoms with Crippen molar-refractivity contribution in [2.24, 2.45) is 0 Å². The molecule has 1 unspecified atom stereocenters. The second-order valence-corrected chi connectivity index (χ2v) is 13.7. The van der Waals surface area contributed by atoms with Gasteiger partial charge in [-0.25, -0.2) is 9.97 Å². The highest BCUT2D eigenvalue weighted by atomic mass is 16.5. The van der Waals surface area contributed by atoms with Crippen LogP contribution < -0.4 is 20.3 Å². The van der Waals surface area contributed by atoms with E-state index in [0.29, 0.717) is 36.9 Å². The number of imide groups is 2. The second-order valence-electron chi connectivity index (χ2n) is 13.7. The molecule has 5 aromatic rings. The van der Waals surface area contributed by atoms with Gasteiger partial charge in [-0.2, -0.15) is 0 Å². The molecule has 8 rings (SSSR count). The number of nitrogens with zero attached hydrogens (tertiary/aromatic N) is 6. The number of rotatable bonds is 9. The Morgan fingerprint density at radius 3 is 2.53 bits per heavy atom. The van der Waals surface area contributed by atoms with Crippen molar-refractivity contribution in [3.8, 4) is 11.5 Å². The van der Waals surface area contributed by atoms with E-state index >= 15 is 0 Å². The quantitative estimate of drug-likeness (QED) is 0.197. The maximum atomic E-state index is 13.3. The Bertz CT molecular complexity index is 2430. The first-order valence-electron chi connectivity index (χ1n) is 17.9. The van der Waals surface area contributed by atoms with Crippen LogP contribution in [0.1, 0.15) is 50.4 Å². The van der Waals surface area contributed by atoms with E-state index in [0.717, 1.165) is 44.1 Å². The van der Waals surface area contributed by atoms with Crippen molar-refractivity contribution in [1.82, 2.24) is 30.1 Å². The van der Waals surface area contributed by atoms with Gasteiger partial charge in [0.2, 0.25) is 17.7 Å². The third kappa shape index (κ3) is 7.09. The maximum absolute atomic E-state index is 13.3. The Labute approximate surface area is 315 Å². The summed E-state index contributed by atoms with van der Waals surface area (Å²) < 4.78 is 6.03. The predicted molar refractivity (Wildman–Crippen MR) is 204 cm³/mol. The Morgan fingerprint density at radius 1 is 0.891 bits per heavy atom. The van der Waals surface area contributed by atoms with Gasteiger partial charge < -0.3 is 19.9 Å². The zero-order chi connectivity index (χ0) is 38.2. The van der Waals surface area contributed by atoms with Crippen LogP contribution >= 0.6 is 0 Å². The Kier molecular flexibility index (Phi) is 9.23. The van der Waals surface area contributed by atoms with Crippen molar-refractivity contribution in [1.29, 1.82) is 0 Å². The molecule has 14 heteroatoms. The topological polar surface area (TPSA) is 167 Å². The van der Waals surface area contributed by atoms with Gasteiger partial charge in [-0.3, -0.25) is 39.2 Å². The zero-order valence-electron chi connectivity index (χ0n) is 30.1. The number of piperazine rings is 1. The van der Waals surface area contributed by atoms with Crippen LogP contribution in [0.15, 0.2) is 85.3 Å². The van der Waals surface area contributed by atoms with Crippen molar-refractivity contribution < 1.29 is 28.7 Å². The number of ether oxygens (including phenoxy) is 1. The van der Waals surface area contributed by atoms with Crippen LogP contribution in [0, 0.1) is 13.8 Å². The highest BCUT2D eigenvalue weighted by molar-refractivity contribution is 6.23. The number of amides is 5. The summed E-state index contributed by atoms with van der Waals surface area (Å²) in [6, 6.07) is 19.4. The molecule has 0 radical (unpaired) electrons. The van der Waals surface area contributed by atoms with Gasteiger partial charge in [0.05, 0.1) is 29.4 Å². The average molecular weight is 737 g/mol. The number of hydrogen-bond acceptors (Lipinski definition) is 11. The normalized spacial score (nSPS) is 17.3. The van der Waals surface area contributed by atoms with E-state index in [-0.39, 0.29) is 36.4 Å². The van der Waals surface area contributed by atoms with Crippen molar-refractivity contribution in [2.75, 3.05) is 36.4 Å². The number of benzene rings is 3. The third-order valence-corrected chi connectivity index (χ3v) is 9.95. The minimum Gasteiger partial charge on any atom is -0.455 e. The van der Waals surface area contributed by atoms with E-state index in [1.54, 1.807) is 29.3 Å². The molecule has 5 amide bonds. The summed E-state index contributed by atoms with van der Waals surface area (Å²) in [7, 11) is 0. The predicted octanol–water partition coefficient (Wildman–Crippen LogP) is 4.94. The van der Waals surface area contributed by atoms with Gasteiger partial charge in [0.1, 0.15) is 29.7 Å². The lowest BCUT2D eigenvalue weighted by atomic mass is 10.0. The number of hydrogen-bond donors (Lipinski definition) is 2. The molecule has 2 saturated heterocycles. The first-order chi connectivity index (χ1) is 26.6. The summed E-state index contributed by atoms with van der Waals surface area (Å²) in [6.07, 6.45) is 7.27. The minimum atomic E-state index is -1.04. The molecular weight excluding hydrogens is 701 g/mol. The fourth-order valence-corrected chi connectivity index (χ4v) is 6.99. The SMILES string of the molecule is Cc1ccc(Oc2ccc(Nc3ncnc4ccc(C=CCN5CCN(c6ccc7c(c6)C(=O)N(C6CCC(=O)NC6=O)C7=O)CC5=O)cc34)cc2C)cn1. The summed E-state index contributed by atoms with van der Waals surface area (Å²) in [6.45, 7) is 5.40. The number of aromatic nitrogens is 3. The summed E-state index contributed by atoms with van der Waals surface area (Å²) >= 11 is 0. The molecule has 0 bridgehead atoms. The largest absolute Gasteiger partial charge is 0.455 e. The van der Waals surface area contributed by atoms with Gasteiger partial charge in [-0.05, 0) is 92.1 Å². The average Bonchev–Trinajstić information content (AvgIpc) is 3.42. The van der Waals surface area contributed by atoms with Gasteiger partial charge in [0, 0.05) is 48.5 Å². The number of pyridine rings is 1. The van der Waals surface area contributed by atoms with Crippen LogP contribution in [0.25, 0.3) is 17.0 Å². The van der Waals surface area contributed by atoms with Gasteiger partial charge in [-0.15, -0.1) is 0 Å². The lowest BCUT2D eigenvalue weighted by Gasteiger charge is -2.35. The van der Waals surface area contributed by atoms with Crippen LogP contribution in [-0.4, -0.2) is 86.5 Å². The van der Waals surface area contributed by atoms with Gasteiger partial charge in [-0.1, -0.05) is 18.2 Å². The molecule has 55 heavy (non-hydrogen) atoms. The number of carbonyl (C=O) groups excluding carboxylic acids is 5.